The lowest BCUT2D eigenvalue weighted by Crippen LogP contribution is -2.08. The fourth-order valence-corrected chi connectivity index (χ4v) is 6.34. The molecule has 0 fully saturated rings. The van der Waals surface area contributed by atoms with Gasteiger partial charge in [0.2, 0.25) is 5.89 Å². The predicted molar refractivity (Wildman–Crippen MR) is 175 cm³/mol. The lowest BCUT2D eigenvalue weighted by molar-refractivity contribution is 0.622. The van der Waals surface area contributed by atoms with Gasteiger partial charge in [0.15, 0.2) is 5.58 Å². The van der Waals surface area contributed by atoms with Gasteiger partial charge >= 0.3 is 0 Å². The molecule has 0 amide bonds. The van der Waals surface area contributed by atoms with Crippen molar-refractivity contribution in [3.05, 3.63) is 114 Å². The third-order valence-electron chi connectivity index (χ3n) is 8.39. The molecular formula is C38H31N3O2. The van der Waals surface area contributed by atoms with E-state index in [-0.39, 0.29) is 0 Å². The van der Waals surface area contributed by atoms with E-state index in [1.807, 2.05) is 54.6 Å². The minimum absolute atomic E-state index is 0.320. The second kappa shape index (κ2) is 9.70. The van der Waals surface area contributed by atoms with Gasteiger partial charge in [0, 0.05) is 10.9 Å². The molecule has 0 bridgehead atoms. The molecular weight excluding hydrogens is 530 g/mol. The van der Waals surface area contributed by atoms with Crippen molar-refractivity contribution < 1.29 is 8.83 Å². The fourth-order valence-electron chi connectivity index (χ4n) is 6.34. The highest BCUT2D eigenvalue weighted by Crippen LogP contribution is 2.44. The van der Waals surface area contributed by atoms with Gasteiger partial charge in [0.1, 0.15) is 22.5 Å². The second-order valence-corrected chi connectivity index (χ2v) is 11.8. The van der Waals surface area contributed by atoms with Crippen molar-refractivity contribution in [1.82, 2.24) is 14.5 Å². The van der Waals surface area contributed by atoms with Crippen molar-refractivity contribution in [2.24, 2.45) is 0 Å². The average molecular weight is 562 g/mol. The summed E-state index contributed by atoms with van der Waals surface area (Å²) in [4.78, 5) is 10.3. The molecule has 3 aromatic heterocycles. The number of rotatable bonds is 5. The Hall–Kier alpha value is -5.16. The Bertz CT molecular complexity index is 2280. The minimum Gasteiger partial charge on any atom is -0.455 e. The van der Waals surface area contributed by atoms with Gasteiger partial charge in [-0.2, -0.15) is 0 Å². The van der Waals surface area contributed by atoms with Crippen LogP contribution in [0.15, 0.2) is 112 Å². The zero-order valence-corrected chi connectivity index (χ0v) is 24.6. The Morgan fingerprint density at radius 3 is 2.09 bits per heavy atom. The highest BCUT2D eigenvalue weighted by molar-refractivity contribution is 6.20. The monoisotopic (exact) mass is 561 g/mol. The first-order valence-electron chi connectivity index (χ1n) is 14.9. The van der Waals surface area contributed by atoms with E-state index in [4.69, 9.17) is 18.8 Å². The third-order valence-corrected chi connectivity index (χ3v) is 8.39. The van der Waals surface area contributed by atoms with E-state index in [0.29, 0.717) is 17.7 Å². The van der Waals surface area contributed by atoms with Crippen LogP contribution in [0.25, 0.3) is 72.6 Å². The van der Waals surface area contributed by atoms with E-state index in [0.717, 1.165) is 61.0 Å². The van der Waals surface area contributed by atoms with Gasteiger partial charge in [-0.25, -0.2) is 9.97 Å². The van der Waals surface area contributed by atoms with Crippen LogP contribution < -0.4 is 0 Å². The Kier molecular flexibility index (Phi) is 5.76. The quantitative estimate of drug-likeness (QED) is 0.210. The summed E-state index contributed by atoms with van der Waals surface area (Å²) in [5, 5.41) is 1.91. The van der Waals surface area contributed by atoms with Gasteiger partial charge in [0.25, 0.3) is 0 Å². The summed E-state index contributed by atoms with van der Waals surface area (Å²) in [6.07, 6.45) is 0. The first kappa shape index (κ1) is 25.5. The van der Waals surface area contributed by atoms with E-state index in [9.17, 15) is 0 Å². The van der Waals surface area contributed by atoms with Gasteiger partial charge in [-0.15, -0.1) is 0 Å². The van der Waals surface area contributed by atoms with E-state index in [1.54, 1.807) is 0 Å². The first-order chi connectivity index (χ1) is 21.0. The van der Waals surface area contributed by atoms with Crippen LogP contribution >= 0.6 is 0 Å². The maximum Gasteiger partial charge on any atom is 0.227 e. The molecule has 5 aromatic carbocycles. The molecule has 43 heavy (non-hydrogen) atoms. The molecule has 0 radical (unpaired) electrons. The Balaban J connectivity index is 1.53. The molecule has 0 saturated carbocycles. The van der Waals surface area contributed by atoms with Gasteiger partial charge < -0.3 is 8.83 Å². The van der Waals surface area contributed by atoms with Crippen molar-refractivity contribution in [2.75, 3.05) is 0 Å². The first-order valence-corrected chi connectivity index (χ1v) is 14.9. The molecule has 5 nitrogen and oxygen atoms in total. The molecule has 5 heteroatoms. The summed E-state index contributed by atoms with van der Waals surface area (Å²) in [6, 6.07) is 35.3. The van der Waals surface area contributed by atoms with Crippen molar-refractivity contribution in [2.45, 2.75) is 39.5 Å². The number of fused-ring (bicyclic) bond motifs is 6. The van der Waals surface area contributed by atoms with Gasteiger partial charge in [-0.3, -0.25) is 4.57 Å². The van der Waals surface area contributed by atoms with E-state index in [2.05, 4.69) is 80.8 Å². The third kappa shape index (κ3) is 3.92. The maximum atomic E-state index is 6.66. The number of hydrogen-bond acceptors (Lipinski definition) is 4. The molecule has 210 valence electrons. The minimum atomic E-state index is 0.320. The molecule has 0 aliphatic carbocycles. The number of furan rings is 1. The summed E-state index contributed by atoms with van der Waals surface area (Å²) in [6.45, 7) is 9.02. The number of aromatic nitrogens is 3. The topological polar surface area (TPSA) is 57.0 Å². The van der Waals surface area contributed by atoms with Crippen molar-refractivity contribution in [3.63, 3.8) is 0 Å². The molecule has 0 saturated heterocycles. The molecule has 8 rings (SSSR count). The number of hydrogen-bond donors (Lipinski definition) is 0. The van der Waals surface area contributed by atoms with Crippen LogP contribution in [0.5, 0.6) is 0 Å². The lowest BCUT2D eigenvalue weighted by Gasteiger charge is -2.22. The van der Waals surface area contributed by atoms with Crippen LogP contribution in [0.1, 0.15) is 50.7 Å². The normalized spacial score (nSPS) is 12.1. The molecule has 3 heterocycles. The van der Waals surface area contributed by atoms with Crippen LogP contribution in [0, 0.1) is 0 Å². The fraction of sp³-hybridized carbons (Fsp3) is 0.158. The molecule has 0 N–H and O–H groups in total. The molecule has 8 aromatic rings. The van der Waals surface area contributed by atoms with Gasteiger partial charge in [0.05, 0.1) is 27.7 Å². The van der Waals surface area contributed by atoms with Crippen LogP contribution in [0.3, 0.4) is 0 Å². The molecule has 0 aliphatic heterocycles. The average Bonchev–Trinajstić information content (AvgIpc) is 3.73. The Labute approximate surface area is 249 Å². The molecule has 0 aliphatic rings. The van der Waals surface area contributed by atoms with Crippen LogP contribution in [-0.2, 0) is 0 Å². The summed E-state index contributed by atoms with van der Waals surface area (Å²) >= 11 is 0. The summed E-state index contributed by atoms with van der Waals surface area (Å²) in [5.74, 6) is 2.05. The number of benzene rings is 5. The van der Waals surface area contributed by atoms with E-state index >= 15 is 0 Å². The zero-order chi connectivity index (χ0) is 29.2. The summed E-state index contributed by atoms with van der Waals surface area (Å²) < 4.78 is 15.5. The van der Waals surface area contributed by atoms with Gasteiger partial charge in [-0.05, 0) is 59.4 Å². The molecule has 0 unspecified atom stereocenters. The van der Waals surface area contributed by atoms with E-state index < -0.39 is 0 Å². The standard InChI is InChI=1S/C38H31N3O2/c1-22(2)25-16-12-17-26(23(3)4)34(25)41-31-19-10-9-18-29(31)39-37(41)28-21-30-36(43-38(40-30)24-13-6-5-7-14-24)33-27-15-8-11-20-32(27)42-35(28)33/h5-23H,1-4H3. The number of para-hydroxylation sites is 4. The smallest absolute Gasteiger partial charge is 0.227 e. The van der Waals surface area contributed by atoms with Crippen molar-refractivity contribution in [3.8, 4) is 28.5 Å². The molecule has 0 atom stereocenters. The Morgan fingerprint density at radius 2 is 1.33 bits per heavy atom. The number of imidazole rings is 1. The lowest BCUT2D eigenvalue weighted by atomic mass is 9.92. The predicted octanol–water partition coefficient (Wildman–Crippen LogP) is 10.6. The van der Waals surface area contributed by atoms with Crippen LogP contribution in [-0.4, -0.2) is 14.5 Å². The van der Waals surface area contributed by atoms with Crippen molar-refractivity contribution in [1.29, 1.82) is 0 Å². The van der Waals surface area contributed by atoms with E-state index in [1.165, 1.54) is 16.8 Å². The highest BCUT2D eigenvalue weighted by atomic mass is 16.4. The highest BCUT2D eigenvalue weighted by Gasteiger charge is 2.27. The van der Waals surface area contributed by atoms with Gasteiger partial charge in [-0.1, -0.05) is 94.4 Å². The summed E-state index contributed by atoms with van der Waals surface area (Å²) in [5.41, 5.74) is 10.6. The summed E-state index contributed by atoms with van der Waals surface area (Å²) in [7, 11) is 0. The zero-order valence-electron chi connectivity index (χ0n) is 24.6. The van der Waals surface area contributed by atoms with Crippen LogP contribution in [0.2, 0.25) is 0 Å². The second-order valence-electron chi connectivity index (χ2n) is 11.8. The number of oxazole rings is 1. The van der Waals surface area contributed by atoms with Crippen LogP contribution in [0.4, 0.5) is 0 Å². The van der Waals surface area contributed by atoms with Crippen molar-refractivity contribution >= 4 is 44.1 Å². The Morgan fingerprint density at radius 1 is 0.628 bits per heavy atom. The SMILES string of the molecule is CC(C)c1cccc(C(C)C)c1-n1c(-c2cc3nc(-c4ccccc4)oc3c3c2oc2ccccc23)nc2ccccc21. The maximum absolute atomic E-state index is 6.66. The molecule has 0 spiro atoms. The number of nitrogens with zero attached hydrogens (tertiary/aromatic N) is 3. The largest absolute Gasteiger partial charge is 0.455 e.